The molecule has 1 aromatic heterocycles. The van der Waals surface area contributed by atoms with Crippen LogP contribution < -0.4 is 4.74 Å². The van der Waals surface area contributed by atoms with Gasteiger partial charge in [-0.3, -0.25) is 4.79 Å². The Labute approximate surface area is 167 Å². The van der Waals surface area contributed by atoms with E-state index < -0.39 is 0 Å². The van der Waals surface area contributed by atoms with Crippen molar-refractivity contribution >= 4 is 5.91 Å². The number of methoxy groups -OCH3 is 1. The van der Waals surface area contributed by atoms with Gasteiger partial charge in [-0.2, -0.15) is 0 Å². The Morgan fingerprint density at radius 1 is 0.964 bits per heavy atom. The topological polar surface area (TPSA) is 34.5 Å². The Hall–Kier alpha value is -3.01. The number of aromatic nitrogens is 1. The molecule has 4 nitrogen and oxygen atoms in total. The largest absolute Gasteiger partial charge is 0.496 e. The van der Waals surface area contributed by atoms with Gasteiger partial charge < -0.3 is 14.2 Å². The predicted octanol–water partition coefficient (Wildman–Crippen LogP) is 4.99. The number of amides is 1. The van der Waals surface area contributed by atoms with Crippen molar-refractivity contribution in [2.24, 2.45) is 0 Å². The van der Waals surface area contributed by atoms with Gasteiger partial charge in [-0.05, 0) is 50.6 Å². The number of nitrogens with zero attached hydrogens (tertiary/aromatic N) is 2. The van der Waals surface area contributed by atoms with Gasteiger partial charge in [-0.15, -0.1) is 0 Å². The number of benzene rings is 2. The zero-order valence-electron chi connectivity index (χ0n) is 17.1. The second-order valence-electron chi connectivity index (χ2n) is 7.88. The van der Waals surface area contributed by atoms with Gasteiger partial charge in [-0.1, -0.05) is 42.5 Å². The minimum atomic E-state index is -0.334. The summed E-state index contributed by atoms with van der Waals surface area (Å²) in [7, 11) is 1.60. The fourth-order valence-corrected chi connectivity index (χ4v) is 3.27. The van der Waals surface area contributed by atoms with Crippen molar-refractivity contribution in [1.82, 2.24) is 9.47 Å². The summed E-state index contributed by atoms with van der Waals surface area (Å²) >= 11 is 0. The zero-order valence-corrected chi connectivity index (χ0v) is 17.1. The number of para-hydroxylation sites is 1. The van der Waals surface area contributed by atoms with E-state index in [1.54, 1.807) is 7.11 Å². The Bertz CT molecular complexity index is 923. The van der Waals surface area contributed by atoms with Gasteiger partial charge >= 0.3 is 0 Å². The Kier molecular flexibility index (Phi) is 5.88. The number of hydrogen-bond acceptors (Lipinski definition) is 2. The van der Waals surface area contributed by atoms with E-state index in [1.165, 1.54) is 5.56 Å². The summed E-state index contributed by atoms with van der Waals surface area (Å²) in [4.78, 5) is 15.3. The first kappa shape index (κ1) is 19.7. The van der Waals surface area contributed by atoms with Crippen molar-refractivity contribution in [2.45, 2.75) is 39.4 Å². The highest BCUT2D eigenvalue weighted by Gasteiger charge is 2.29. The quantitative estimate of drug-likeness (QED) is 0.608. The fraction of sp³-hybridized carbons (Fsp3) is 0.292. The average molecular weight is 377 g/mol. The van der Waals surface area contributed by atoms with Crippen molar-refractivity contribution in [3.05, 3.63) is 89.7 Å². The van der Waals surface area contributed by atoms with Crippen LogP contribution in [0.4, 0.5) is 0 Å². The summed E-state index contributed by atoms with van der Waals surface area (Å²) in [6.07, 6.45) is 2.07. The number of carbonyl (C=O) groups is 1. The first-order chi connectivity index (χ1) is 13.4. The summed E-state index contributed by atoms with van der Waals surface area (Å²) in [6, 6.07) is 21.9. The highest BCUT2D eigenvalue weighted by Crippen LogP contribution is 2.26. The van der Waals surface area contributed by atoms with Crippen LogP contribution in [0, 0.1) is 0 Å². The highest BCUT2D eigenvalue weighted by atomic mass is 16.5. The standard InChI is InChI=1S/C24H28N2O2/c1-24(2,3)26(23(27)21-14-8-9-15-22(21)28-4)18-20-13-10-16-25(20)17-19-11-6-5-7-12-19/h5-16H,17-18H2,1-4H3. The molecule has 4 heteroatoms. The van der Waals surface area contributed by atoms with Crippen molar-refractivity contribution in [2.75, 3.05) is 7.11 Å². The molecule has 0 aliphatic heterocycles. The van der Waals surface area contributed by atoms with Crippen LogP contribution in [0.5, 0.6) is 5.75 Å². The lowest BCUT2D eigenvalue weighted by atomic mass is 10.0. The van der Waals surface area contributed by atoms with E-state index >= 15 is 0 Å². The van der Waals surface area contributed by atoms with E-state index in [0.717, 1.165) is 12.2 Å². The van der Waals surface area contributed by atoms with Crippen LogP contribution in [0.3, 0.4) is 0 Å². The van der Waals surface area contributed by atoms with Crippen LogP contribution in [0.2, 0.25) is 0 Å². The molecule has 2 aromatic carbocycles. The van der Waals surface area contributed by atoms with E-state index in [4.69, 9.17) is 4.74 Å². The summed E-state index contributed by atoms with van der Waals surface area (Å²) in [5.41, 5.74) is 2.58. The van der Waals surface area contributed by atoms with E-state index in [9.17, 15) is 4.79 Å². The molecule has 0 unspecified atom stereocenters. The van der Waals surface area contributed by atoms with Gasteiger partial charge in [0.1, 0.15) is 5.75 Å². The van der Waals surface area contributed by atoms with E-state index in [1.807, 2.05) is 53.4 Å². The monoisotopic (exact) mass is 376 g/mol. The van der Waals surface area contributed by atoms with E-state index in [2.05, 4.69) is 49.7 Å². The molecule has 0 atom stereocenters. The van der Waals surface area contributed by atoms with Crippen LogP contribution >= 0.6 is 0 Å². The summed E-state index contributed by atoms with van der Waals surface area (Å²) < 4.78 is 7.61. The molecule has 0 radical (unpaired) electrons. The third-order valence-electron chi connectivity index (χ3n) is 4.83. The number of carbonyl (C=O) groups excluding carboxylic acids is 1. The molecule has 0 saturated heterocycles. The van der Waals surface area contributed by atoms with Crippen LogP contribution in [0.15, 0.2) is 72.9 Å². The number of rotatable bonds is 6. The Morgan fingerprint density at radius 3 is 2.32 bits per heavy atom. The zero-order chi connectivity index (χ0) is 20.1. The van der Waals surface area contributed by atoms with E-state index in [-0.39, 0.29) is 11.4 Å². The molecule has 3 rings (SSSR count). The maximum atomic E-state index is 13.4. The lowest BCUT2D eigenvalue weighted by Crippen LogP contribution is -2.45. The first-order valence-electron chi connectivity index (χ1n) is 9.53. The van der Waals surface area contributed by atoms with Crippen molar-refractivity contribution < 1.29 is 9.53 Å². The molecule has 0 aliphatic carbocycles. The Morgan fingerprint density at radius 2 is 1.64 bits per heavy atom. The maximum absolute atomic E-state index is 13.4. The minimum Gasteiger partial charge on any atom is -0.496 e. The van der Waals surface area contributed by atoms with Gasteiger partial charge in [0, 0.05) is 24.0 Å². The molecule has 28 heavy (non-hydrogen) atoms. The molecular weight excluding hydrogens is 348 g/mol. The van der Waals surface area contributed by atoms with Crippen LogP contribution in [0.1, 0.15) is 42.4 Å². The summed E-state index contributed by atoms with van der Waals surface area (Å²) in [6.45, 7) is 7.49. The van der Waals surface area contributed by atoms with Gasteiger partial charge in [-0.25, -0.2) is 0 Å². The van der Waals surface area contributed by atoms with Crippen molar-refractivity contribution in [3.63, 3.8) is 0 Å². The first-order valence-corrected chi connectivity index (χ1v) is 9.53. The molecule has 146 valence electrons. The summed E-state index contributed by atoms with van der Waals surface area (Å²) in [5.74, 6) is 0.568. The van der Waals surface area contributed by atoms with Gasteiger partial charge in [0.25, 0.3) is 5.91 Å². The van der Waals surface area contributed by atoms with Crippen molar-refractivity contribution in [1.29, 1.82) is 0 Å². The molecule has 0 saturated carbocycles. The van der Waals surface area contributed by atoms with Gasteiger partial charge in [0.2, 0.25) is 0 Å². The SMILES string of the molecule is COc1ccccc1C(=O)N(Cc1cccn1Cc1ccccc1)C(C)(C)C. The fourth-order valence-electron chi connectivity index (χ4n) is 3.27. The Balaban J connectivity index is 1.89. The third kappa shape index (κ3) is 4.45. The lowest BCUT2D eigenvalue weighted by Gasteiger charge is -2.36. The van der Waals surface area contributed by atoms with Crippen LogP contribution in [0.25, 0.3) is 0 Å². The molecule has 0 bridgehead atoms. The van der Waals surface area contributed by atoms with Gasteiger partial charge in [0.05, 0.1) is 19.2 Å². The molecule has 1 amide bonds. The maximum Gasteiger partial charge on any atom is 0.258 e. The third-order valence-corrected chi connectivity index (χ3v) is 4.83. The molecule has 0 N–H and O–H groups in total. The number of ether oxygens (including phenoxy) is 1. The second kappa shape index (κ2) is 8.34. The molecule has 0 fully saturated rings. The molecular formula is C24H28N2O2. The van der Waals surface area contributed by atoms with Crippen LogP contribution in [-0.4, -0.2) is 28.0 Å². The molecule has 1 heterocycles. The highest BCUT2D eigenvalue weighted by molar-refractivity contribution is 5.97. The molecule has 0 spiro atoms. The van der Waals surface area contributed by atoms with Crippen LogP contribution in [-0.2, 0) is 13.1 Å². The molecule has 0 aliphatic rings. The average Bonchev–Trinajstić information content (AvgIpc) is 3.12. The predicted molar refractivity (Wildman–Crippen MR) is 113 cm³/mol. The normalized spacial score (nSPS) is 11.3. The van der Waals surface area contributed by atoms with Crippen molar-refractivity contribution in [3.8, 4) is 5.75 Å². The second-order valence-corrected chi connectivity index (χ2v) is 7.88. The summed E-state index contributed by atoms with van der Waals surface area (Å²) in [5, 5.41) is 0. The smallest absolute Gasteiger partial charge is 0.258 e. The lowest BCUT2D eigenvalue weighted by molar-refractivity contribution is 0.0549. The molecule has 3 aromatic rings. The van der Waals surface area contributed by atoms with Gasteiger partial charge in [0.15, 0.2) is 0 Å². The number of hydrogen-bond donors (Lipinski definition) is 0. The van der Waals surface area contributed by atoms with E-state index in [0.29, 0.717) is 17.9 Å². The minimum absolute atomic E-state index is 0.0302.